The number of hydrogen-bond acceptors (Lipinski definition) is 2. The molecule has 0 bridgehead atoms. The van der Waals surface area contributed by atoms with E-state index in [1.807, 2.05) is 9.80 Å². The Morgan fingerprint density at radius 2 is 1.74 bits per heavy atom. The molecule has 1 aliphatic heterocycles. The summed E-state index contributed by atoms with van der Waals surface area (Å²) in [7, 11) is 0. The first-order valence-electron chi connectivity index (χ1n) is 8.17. The number of alkyl halides is 3. The number of thiocarbonyl (C=S) groups is 1. The molecule has 2 aromatic rings. The highest BCUT2D eigenvalue weighted by molar-refractivity contribution is 7.80. The van der Waals surface area contributed by atoms with Crippen molar-refractivity contribution in [3.05, 3.63) is 58.9 Å². The van der Waals surface area contributed by atoms with E-state index >= 15 is 0 Å². The van der Waals surface area contributed by atoms with E-state index in [0.717, 1.165) is 12.1 Å². The number of rotatable bonds is 2. The summed E-state index contributed by atoms with van der Waals surface area (Å²) in [5, 5.41) is 3.46. The third-order valence-electron chi connectivity index (χ3n) is 4.28. The molecule has 3 rings (SSSR count). The molecule has 27 heavy (non-hydrogen) atoms. The summed E-state index contributed by atoms with van der Waals surface area (Å²) in [6.45, 7) is 2.18. The van der Waals surface area contributed by atoms with Crippen molar-refractivity contribution in [3.8, 4) is 0 Å². The van der Waals surface area contributed by atoms with Crippen LogP contribution in [0.25, 0.3) is 0 Å². The summed E-state index contributed by atoms with van der Waals surface area (Å²) in [6, 6.07) is 9.53. The SMILES string of the molecule is Fc1ccc(NC(=S)N2CCN(c3cccc(C(F)(F)F)c3)CC2)cc1Cl. The predicted octanol–water partition coefficient (Wildman–Crippen LogP) is 5.02. The van der Waals surface area contributed by atoms with Gasteiger partial charge in [0.25, 0.3) is 0 Å². The van der Waals surface area contributed by atoms with Crippen LogP contribution in [0.5, 0.6) is 0 Å². The maximum atomic E-state index is 13.2. The molecule has 0 spiro atoms. The third kappa shape index (κ3) is 4.81. The van der Waals surface area contributed by atoms with Crippen LogP contribution in [0.3, 0.4) is 0 Å². The number of benzene rings is 2. The van der Waals surface area contributed by atoms with Crippen LogP contribution in [0.15, 0.2) is 42.5 Å². The van der Waals surface area contributed by atoms with Gasteiger partial charge >= 0.3 is 6.18 Å². The van der Waals surface area contributed by atoms with Gasteiger partial charge in [-0.3, -0.25) is 0 Å². The van der Waals surface area contributed by atoms with Gasteiger partial charge < -0.3 is 15.1 Å². The van der Waals surface area contributed by atoms with Crippen molar-refractivity contribution >= 4 is 40.3 Å². The number of hydrogen-bond donors (Lipinski definition) is 1. The molecule has 1 N–H and O–H groups in total. The van der Waals surface area contributed by atoms with Crippen molar-refractivity contribution < 1.29 is 17.6 Å². The summed E-state index contributed by atoms with van der Waals surface area (Å²) in [5.74, 6) is -0.511. The maximum absolute atomic E-state index is 13.2. The van der Waals surface area contributed by atoms with E-state index in [1.165, 1.54) is 24.3 Å². The fourth-order valence-corrected chi connectivity index (χ4v) is 3.30. The average Bonchev–Trinajstić information content (AvgIpc) is 2.64. The Hall–Kier alpha value is -2.06. The molecule has 1 saturated heterocycles. The van der Waals surface area contributed by atoms with Crippen LogP contribution in [0.1, 0.15) is 5.56 Å². The van der Waals surface area contributed by atoms with Gasteiger partial charge in [-0.25, -0.2) is 4.39 Å². The Bertz CT molecular complexity index is 836. The molecule has 0 aliphatic carbocycles. The molecule has 9 heteroatoms. The van der Waals surface area contributed by atoms with Crippen molar-refractivity contribution in [1.29, 1.82) is 0 Å². The van der Waals surface area contributed by atoms with Crippen molar-refractivity contribution in [2.75, 3.05) is 36.4 Å². The molecule has 3 nitrogen and oxygen atoms in total. The fourth-order valence-electron chi connectivity index (χ4n) is 2.82. The normalized spacial score (nSPS) is 15.0. The minimum atomic E-state index is -4.36. The Kier molecular flexibility index (Phi) is 5.76. The molecule has 0 amide bonds. The number of halogens is 5. The van der Waals surface area contributed by atoms with Gasteiger partial charge in [-0.15, -0.1) is 0 Å². The Labute approximate surface area is 164 Å². The lowest BCUT2D eigenvalue weighted by molar-refractivity contribution is -0.137. The minimum Gasteiger partial charge on any atom is -0.368 e. The van der Waals surface area contributed by atoms with Crippen LogP contribution in [0, 0.1) is 5.82 Å². The van der Waals surface area contributed by atoms with Crippen LogP contribution in [-0.4, -0.2) is 36.2 Å². The first-order valence-corrected chi connectivity index (χ1v) is 8.96. The monoisotopic (exact) mass is 417 g/mol. The maximum Gasteiger partial charge on any atom is 0.416 e. The Morgan fingerprint density at radius 1 is 1.04 bits per heavy atom. The summed E-state index contributed by atoms with van der Waals surface area (Å²) in [6.07, 6.45) is -4.36. The smallest absolute Gasteiger partial charge is 0.368 e. The van der Waals surface area contributed by atoms with Crippen molar-refractivity contribution in [1.82, 2.24) is 4.90 Å². The Morgan fingerprint density at radius 3 is 2.37 bits per heavy atom. The Balaban J connectivity index is 1.60. The van der Waals surface area contributed by atoms with Crippen LogP contribution < -0.4 is 10.2 Å². The zero-order chi connectivity index (χ0) is 19.6. The molecule has 1 heterocycles. The largest absolute Gasteiger partial charge is 0.416 e. The highest BCUT2D eigenvalue weighted by Gasteiger charge is 2.31. The van der Waals surface area contributed by atoms with E-state index in [-0.39, 0.29) is 5.02 Å². The van der Waals surface area contributed by atoms with Crippen LogP contribution in [0.4, 0.5) is 28.9 Å². The van der Waals surface area contributed by atoms with E-state index in [1.54, 1.807) is 6.07 Å². The van der Waals surface area contributed by atoms with E-state index in [9.17, 15) is 17.6 Å². The van der Waals surface area contributed by atoms with E-state index in [4.69, 9.17) is 23.8 Å². The molecule has 0 atom stereocenters. The van der Waals surface area contributed by atoms with Gasteiger partial charge in [-0.1, -0.05) is 17.7 Å². The first-order chi connectivity index (χ1) is 12.7. The topological polar surface area (TPSA) is 18.5 Å². The fraction of sp³-hybridized carbons (Fsp3) is 0.278. The van der Waals surface area contributed by atoms with Gasteiger partial charge in [0.05, 0.1) is 10.6 Å². The number of piperazine rings is 1. The standard InChI is InChI=1S/C18H16ClF4N3S/c19-15-11-13(4-5-16(15)20)24-17(27)26-8-6-25(7-9-26)14-3-1-2-12(10-14)18(21,22)23/h1-5,10-11H,6-9H2,(H,24,27). The van der Waals surface area contributed by atoms with Crippen molar-refractivity contribution in [2.45, 2.75) is 6.18 Å². The number of nitrogens with one attached hydrogen (secondary N) is 1. The lowest BCUT2D eigenvalue weighted by atomic mass is 10.1. The average molecular weight is 418 g/mol. The number of anilines is 2. The van der Waals surface area contributed by atoms with Crippen LogP contribution in [-0.2, 0) is 6.18 Å². The van der Waals surface area contributed by atoms with Crippen molar-refractivity contribution in [2.24, 2.45) is 0 Å². The molecule has 0 saturated carbocycles. The molecule has 0 unspecified atom stereocenters. The molecule has 0 aromatic heterocycles. The van der Waals surface area contributed by atoms with Crippen LogP contribution >= 0.6 is 23.8 Å². The van der Waals surface area contributed by atoms with Gasteiger partial charge in [0.15, 0.2) is 5.11 Å². The molecule has 2 aromatic carbocycles. The zero-order valence-corrected chi connectivity index (χ0v) is 15.6. The first kappa shape index (κ1) is 19.7. The second kappa shape index (κ2) is 7.90. The zero-order valence-electron chi connectivity index (χ0n) is 14.1. The quantitative estimate of drug-likeness (QED) is 0.546. The van der Waals surface area contributed by atoms with Crippen LogP contribution in [0.2, 0.25) is 5.02 Å². The molecule has 1 fully saturated rings. The van der Waals surface area contributed by atoms with E-state index in [2.05, 4.69) is 5.32 Å². The molecule has 1 aliphatic rings. The van der Waals surface area contributed by atoms with E-state index in [0.29, 0.717) is 42.7 Å². The van der Waals surface area contributed by atoms with Gasteiger partial charge in [-0.2, -0.15) is 13.2 Å². The minimum absolute atomic E-state index is 0.00262. The molecule has 144 valence electrons. The van der Waals surface area contributed by atoms with Crippen molar-refractivity contribution in [3.63, 3.8) is 0 Å². The van der Waals surface area contributed by atoms with Gasteiger partial charge in [-0.05, 0) is 48.6 Å². The summed E-state index contributed by atoms with van der Waals surface area (Å²) in [4.78, 5) is 3.81. The summed E-state index contributed by atoms with van der Waals surface area (Å²) < 4.78 is 51.9. The molecule has 0 radical (unpaired) electrons. The predicted molar refractivity (Wildman–Crippen MR) is 103 cm³/mol. The summed E-state index contributed by atoms with van der Waals surface area (Å²) in [5.41, 5.74) is 0.452. The second-order valence-electron chi connectivity index (χ2n) is 6.08. The van der Waals surface area contributed by atoms with Gasteiger partial charge in [0, 0.05) is 37.6 Å². The number of nitrogens with zero attached hydrogens (tertiary/aromatic N) is 2. The third-order valence-corrected chi connectivity index (χ3v) is 4.93. The highest BCUT2D eigenvalue weighted by atomic mass is 35.5. The highest BCUT2D eigenvalue weighted by Crippen LogP contribution is 2.32. The molecular formula is C18H16ClF4N3S. The second-order valence-corrected chi connectivity index (χ2v) is 6.88. The van der Waals surface area contributed by atoms with Gasteiger partial charge in [0.1, 0.15) is 5.82 Å². The summed E-state index contributed by atoms with van der Waals surface area (Å²) >= 11 is 11.1. The van der Waals surface area contributed by atoms with E-state index < -0.39 is 17.6 Å². The van der Waals surface area contributed by atoms with Gasteiger partial charge in [0.2, 0.25) is 0 Å². The lowest BCUT2D eigenvalue weighted by Gasteiger charge is -2.37. The molecular weight excluding hydrogens is 402 g/mol. The lowest BCUT2D eigenvalue weighted by Crippen LogP contribution is -2.50.